The molecule has 1 saturated heterocycles. The second-order valence-electron chi connectivity index (χ2n) is 6.52. The molecule has 0 radical (unpaired) electrons. The van der Waals surface area contributed by atoms with E-state index < -0.39 is 0 Å². The highest BCUT2D eigenvalue weighted by molar-refractivity contribution is 5.87. The molecular weight excluding hydrogens is 298 g/mol. The molecule has 0 aromatic heterocycles. The average molecular weight is 327 g/mol. The number of hydrogen-bond acceptors (Lipinski definition) is 3. The fourth-order valence-electron chi connectivity index (χ4n) is 3.34. The first-order valence-corrected chi connectivity index (χ1v) is 9.32. The first-order valence-electron chi connectivity index (χ1n) is 9.32. The lowest BCUT2D eigenvalue weighted by molar-refractivity contribution is 0.0374. The van der Waals surface area contributed by atoms with Crippen molar-refractivity contribution in [3.63, 3.8) is 0 Å². The Hall–Kier alpha value is -1.58. The van der Waals surface area contributed by atoms with Crippen molar-refractivity contribution in [2.45, 2.75) is 32.6 Å². The zero-order valence-electron chi connectivity index (χ0n) is 14.8. The molecule has 0 atom stereocenters. The molecule has 0 spiro atoms. The van der Waals surface area contributed by atoms with Crippen molar-refractivity contribution in [3.05, 3.63) is 42.0 Å². The van der Waals surface area contributed by atoms with E-state index in [0.29, 0.717) is 0 Å². The van der Waals surface area contributed by atoms with Crippen LogP contribution in [0.3, 0.4) is 0 Å². The molecule has 130 valence electrons. The van der Waals surface area contributed by atoms with Crippen molar-refractivity contribution < 1.29 is 9.47 Å². The molecule has 0 aliphatic carbocycles. The molecule has 3 rings (SSSR count). The molecular formula is C21H29NO2. The highest BCUT2D eigenvalue weighted by Crippen LogP contribution is 2.29. The van der Waals surface area contributed by atoms with Gasteiger partial charge in [-0.15, -0.1) is 0 Å². The van der Waals surface area contributed by atoms with Crippen LogP contribution in [0.1, 0.15) is 31.7 Å². The second kappa shape index (κ2) is 9.05. The molecule has 2 aromatic rings. The minimum atomic E-state index is 0.811. The van der Waals surface area contributed by atoms with Gasteiger partial charge in [0.25, 0.3) is 0 Å². The Morgan fingerprint density at radius 3 is 2.71 bits per heavy atom. The molecule has 1 fully saturated rings. The molecule has 1 heterocycles. The van der Waals surface area contributed by atoms with E-state index in [1.54, 1.807) is 0 Å². The Morgan fingerprint density at radius 2 is 1.88 bits per heavy atom. The van der Waals surface area contributed by atoms with Crippen LogP contribution in [-0.4, -0.2) is 44.4 Å². The summed E-state index contributed by atoms with van der Waals surface area (Å²) in [7, 11) is 0. The van der Waals surface area contributed by atoms with Gasteiger partial charge in [0.05, 0.1) is 19.8 Å². The van der Waals surface area contributed by atoms with Gasteiger partial charge in [0, 0.05) is 18.7 Å². The van der Waals surface area contributed by atoms with Gasteiger partial charge in [-0.05, 0) is 42.6 Å². The molecule has 3 nitrogen and oxygen atoms in total. The lowest BCUT2D eigenvalue weighted by Crippen LogP contribution is -2.36. The summed E-state index contributed by atoms with van der Waals surface area (Å²) in [6.07, 6.45) is 4.51. The van der Waals surface area contributed by atoms with Crippen molar-refractivity contribution in [2.24, 2.45) is 0 Å². The van der Waals surface area contributed by atoms with E-state index in [-0.39, 0.29) is 0 Å². The highest BCUT2D eigenvalue weighted by atomic mass is 16.5. The van der Waals surface area contributed by atoms with Crippen molar-refractivity contribution in [2.75, 3.05) is 39.5 Å². The van der Waals surface area contributed by atoms with Crippen LogP contribution < -0.4 is 4.74 Å². The van der Waals surface area contributed by atoms with Gasteiger partial charge in [0.1, 0.15) is 5.75 Å². The van der Waals surface area contributed by atoms with Crippen LogP contribution in [0.5, 0.6) is 5.75 Å². The van der Waals surface area contributed by atoms with Crippen molar-refractivity contribution in [1.29, 1.82) is 0 Å². The Balaban J connectivity index is 1.71. The number of hydrogen-bond donors (Lipinski definition) is 0. The van der Waals surface area contributed by atoms with Crippen molar-refractivity contribution >= 4 is 10.8 Å². The SMILES string of the molecule is CCCCOc1ccc2ccccc2c1CCCN1CCOCC1. The number of nitrogens with zero attached hydrogens (tertiary/aromatic N) is 1. The summed E-state index contributed by atoms with van der Waals surface area (Å²) in [4.78, 5) is 2.51. The lowest BCUT2D eigenvalue weighted by atomic mass is 9.99. The van der Waals surface area contributed by atoms with E-state index in [0.717, 1.165) is 64.5 Å². The number of fused-ring (bicyclic) bond motifs is 1. The zero-order chi connectivity index (χ0) is 16.6. The maximum atomic E-state index is 6.09. The van der Waals surface area contributed by atoms with E-state index >= 15 is 0 Å². The van der Waals surface area contributed by atoms with Gasteiger partial charge < -0.3 is 9.47 Å². The maximum Gasteiger partial charge on any atom is 0.123 e. The minimum Gasteiger partial charge on any atom is -0.493 e. The third kappa shape index (κ3) is 4.49. The predicted molar refractivity (Wildman–Crippen MR) is 99.9 cm³/mol. The summed E-state index contributed by atoms with van der Waals surface area (Å²) in [6.45, 7) is 8.03. The van der Waals surface area contributed by atoms with Crippen LogP contribution in [-0.2, 0) is 11.2 Å². The van der Waals surface area contributed by atoms with E-state index in [2.05, 4.69) is 48.2 Å². The number of ether oxygens (including phenoxy) is 2. The summed E-state index contributed by atoms with van der Waals surface area (Å²) in [5, 5.41) is 2.65. The standard InChI is InChI=1S/C21H29NO2/c1-2-3-15-24-21-11-10-18-7-4-5-8-19(18)20(21)9-6-12-22-13-16-23-17-14-22/h4-5,7-8,10-11H,2-3,6,9,12-17H2,1H3. The number of unbranched alkanes of at least 4 members (excludes halogenated alkanes) is 1. The maximum absolute atomic E-state index is 6.09. The smallest absolute Gasteiger partial charge is 0.123 e. The number of rotatable bonds is 8. The molecule has 1 aliphatic rings. The van der Waals surface area contributed by atoms with Gasteiger partial charge in [-0.2, -0.15) is 0 Å². The summed E-state index contributed by atoms with van der Waals surface area (Å²) in [5.41, 5.74) is 1.37. The Morgan fingerprint density at radius 1 is 1.04 bits per heavy atom. The average Bonchev–Trinajstić information content (AvgIpc) is 2.64. The molecule has 0 saturated carbocycles. The summed E-state index contributed by atoms with van der Waals surface area (Å²) in [6, 6.07) is 13.0. The summed E-state index contributed by atoms with van der Waals surface area (Å²) in [5.74, 6) is 1.07. The number of aryl methyl sites for hydroxylation is 1. The lowest BCUT2D eigenvalue weighted by Gasteiger charge is -2.26. The minimum absolute atomic E-state index is 0.811. The van der Waals surface area contributed by atoms with Crippen LogP contribution >= 0.6 is 0 Å². The third-order valence-electron chi connectivity index (χ3n) is 4.76. The molecule has 0 amide bonds. The van der Waals surface area contributed by atoms with Gasteiger partial charge in [0.15, 0.2) is 0 Å². The van der Waals surface area contributed by atoms with Crippen LogP contribution in [0.2, 0.25) is 0 Å². The topological polar surface area (TPSA) is 21.7 Å². The molecule has 0 unspecified atom stereocenters. The quantitative estimate of drug-likeness (QED) is 0.675. The highest BCUT2D eigenvalue weighted by Gasteiger charge is 2.12. The van der Waals surface area contributed by atoms with Crippen molar-refractivity contribution in [1.82, 2.24) is 4.90 Å². The Kier molecular flexibility index (Phi) is 6.50. The fraction of sp³-hybridized carbons (Fsp3) is 0.524. The predicted octanol–water partition coefficient (Wildman–Crippen LogP) is 4.28. The fourth-order valence-corrected chi connectivity index (χ4v) is 3.34. The third-order valence-corrected chi connectivity index (χ3v) is 4.76. The van der Waals surface area contributed by atoms with Crippen LogP contribution in [0.15, 0.2) is 36.4 Å². The molecule has 0 bridgehead atoms. The van der Waals surface area contributed by atoms with E-state index in [1.165, 1.54) is 22.8 Å². The first-order chi connectivity index (χ1) is 11.9. The summed E-state index contributed by atoms with van der Waals surface area (Å²) < 4.78 is 11.5. The monoisotopic (exact) mass is 327 g/mol. The van der Waals surface area contributed by atoms with E-state index in [1.807, 2.05) is 0 Å². The molecule has 0 N–H and O–H groups in total. The Labute approximate surface area is 145 Å². The molecule has 24 heavy (non-hydrogen) atoms. The van der Waals surface area contributed by atoms with Gasteiger partial charge in [-0.25, -0.2) is 0 Å². The first kappa shape index (κ1) is 17.2. The van der Waals surface area contributed by atoms with E-state index in [9.17, 15) is 0 Å². The second-order valence-corrected chi connectivity index (χ2v) is 6.52. The molecule has 3 heteroatoms. The number of benzene rings is 2. The van der Waals surface area contributed by atoms with Gasteiger partial charge in [-0.1, -0.05) is 43.7 Å². The Bertz CT molecular complexity index is 635. The van der Waals surface area contributed by atoms with Crippen LogP contribution in [0.4, 0.5) is 0 Å². The van der Waals surface area contributed by atoms with E-state index in [4.69, 9.17) is 9.47 Å². The molecule has 2 aromatic carbocycles. The zero-order valence-corrected chi connectivity index (χ0v) is 14.8. The number of morpholine rings is 1. The van der Waals surface area contributed by atoms with Crippen LogP contribution in [0.25, 0.3) is 10.8 Å². The van der Waals surface area contributed by atoms with Crippen molar-refractivity contribution in [3.8, 4) is 5.75 Å². The largest absolute Gasteiger partial charge is 0.493 e. The van der Waals surface area contributed by atoms with Gasteiger partial charge in [0.2, 0.25) is 0 Å². The van der Waals surface area contributed by atoms with Gasteiger partial charge in [-0.3, -0.25) is 4.90 Å². The van der Waals surface area contributed by atoms with Gasteiger partial charge >= 0.3 is 0 Å². The normalized spacial score (nSPS) is 15.7. The molecule has 1 aliphatic heterocycles. The summed E-state index contributed by atoms with van der Waals surface area (Å²) >= 11 is 0. The van der Waals surface area contributed by atoms with Crippen LogP contribution in [0, 0.1) is 0 Å².